The van der Waals surface area contributed by atoms with E-state index in [2.05, 4.69) is 120 Å². The second-order valence-corrected chi connectivity index (χ2v) is 8.16. The van der Waals surface area contributed by atoms with E-state index in [9.17, 15) is 0 Å². The molecule has 2 aromatic heterocycles. The molecule has 0 aliphatic carbocycles. The second-order valence-electron chi connectivity index (χ2n) is 8.16. The van der Waals surface area contributed by atoms with Gasteiger partial charge >= 0.3 is 0 Å². The highest BCUT2D eigenvalue weighted by molar-refractivity contribution is 6.24. The fourth-order valence-corrected chi connectivity index (χ4v) is 5.29. The van der Waals surface area contributed by atoms with Gasteiger partial charge in [-0.1, -0.05) is 103 Å². The van der Waals surface area contributed by atoms with Crippen molar-refractivity contribution in [3.8, 4) is 0 Å². The first-order valence-electron chi connectivity index (χ1n) is 10.7. The maximum Gasteiger partial charge on any atom is 0.0619 e. The third-order valence-corrected chi connectivity index (χ3v) is 6.56. The standard InChI is InChI=1S/C30H19N/c1-3-12-22-20(10-1)21-11-2-4-13-23(21)26-16-9-17-27-25-15-6-8-19-29(25)31(30(26)27)28-18-7-5-14-24(22)28/h1-19H. The van der Waals surface area contributed by atoms with Crippen LogP contribution < -0.4 is 0 Å². The molecule has 0 spiro atoms. The largest absolute Gasteiger partial charge is 0.308 e. The van der Waals surface area contributed by atoms with Crippen LogP contribution in [-0.4, -0.2) is 4.40 Å². The summed E-state index contributed by atoms with van der Waals surface area (Å²) in [5.41, 5.74) is 3.74. The first-order valence-corrected chi connectivity index (χ1v) is 10.7. The molecule has 0 bridgehead atoms. The highest BCUT2D eigenvalue weighted by Crippen LogP contribution is 2.38. The Hall–Kier alpha value is -4.10. The fraction of sp³-hybridized carbons (Fsp3) is 0. The molecule has 144 valence electrons. The number of hydrogen-bond donors (Lipinski definition) is 0. The van der Waals surface area contributed by atoms with Crippen molar-refractivity contribution in [1.82, 2.24) is 4.40 Å². The minimum absolute atomic E-state index is 1.22. The molecule has 0 atom stereocenters. The van der Waals surface area contributed by atoms with Gasteiger partial charge in [0.05, 0.1) is 16.6 Å². The van der Waals surface area contributed by atoms with E-state index in [0.717, 1.165) is 0 Å². The van der Waals surface area contributed by atoms with Gasteiger partial charge in [0.2, 0.25) is 0 Å². The summed E-state index contributed by atoms with van der Waals surface area (Å²) in [6.07, 6.45) is 0. The molecule has 0 aliphatic rings. The number of aromatic nitrogens is 1. The lowest BCUT2D eigenvalue weighted by molar-refractivity contribution is 1.35. The van der Waals surface area contributed by atoms with Gasteiger partial charge < -0.3 is 4.40 Å². The molecule has 0 saturated carbocycles. The van der Waals surface area contributed by atoms with Crippen LogP contribution in [0.1, 0.15) is 0 Å². The third kappa shape index (κ3) is 2.21. The molecule has 0 aliphatic heterocycles. The monoisotopic (exact) mass is 393 g/mol. The van der Waals surface area contributed by atoms with Crippen molar-refractivity contribution in [1.29, 1.82) is 0 Å². The van der Waals surface area contributed by atoms with Gasteiger partial charge in [-0.05, 0) is 33.7 Å². The van der Waals surface area contributed by atoms with E-state index in [-0.39, 0.29) is 0 Å². The Morgan fingerprint density at radius 2 is 0.613 bits per heavy atom. The Kier molecular flexibility index (Phi) is 3.33. The molecule has 0 fully saturated rings. The summed E-state index contributed by atoms with van der Waals surface area (Å²) in [5, 5.41) is 10.2. The maximum atomic E-state index is 2.47. The zero-order chi connectivity index (χ0) is 20.4. The minimum atomic E-state index is 1.22. The minimum Gasteiger partial charge on any atom is -0.308 e. The van der Waals surface area contributed by atoms with Crippen molar-refractivity contribution in [2.45, 2.75) is 0 Å². The summed E-state index contributed by atoms with van der Waals surface area (Å²) in [5.74, 6) is 0. The molecular weight excluding hydrogens is 374 g/mol. The normalized spacial score (nSPS) is 11.9. The summed E-state index contributed by atoms with van der Waals surface area (Å²) >= 11 is 0. The van der Waals surface area contributed by atoms with Gasteiger partial charge in [-0.3, -0.25) is 0 Å². The highest BCUT2D eigenvalue weighted by Gasteiger charge is 2.13. The van der Waals surface area contributed by atoms with Crippen LogP contribution in [0.3, 0.4) is 0 Å². The van der Waals surface area contributed by atoms with Crippen molar-refractivity contribution >= 4 is 59.6 Å². The van der Waals surface area contributed by atoms with Gasteiger partial charge in [0.15, 0.2) is 0 Å². The Morgan fingerprint density at radius 3 is 1.16 bits per heavy atom. The summed E-state index contributed by atoms with van der Waals surface area (Å²) in [4.78, 5) is 0. The molecule has 0 saturated heterocycles. The van der Waals surface area contributed by atoms with Crippen LogP contribution >= 0.6 is 0 Å². The average Bonchev–Trinajstić information content (AvgIpc) is 3.20. The SMILES string of the molecule is c1ccc2c(c1)c1ccccc1c1cccc3c4ccccc4n(c4ccccc24)c13. The van der Waals surface area contributed by atoms with Crippen LogP contribution in [0, 0.1) is 0 Å². The van der Waals surface area contributed by atoms with Crippen LogP contribution in [-0.2, 0) is 0 Å². The Bertz CT molecular complexity index is 1840. The lowest BCUT2D eigenvalue weighted by Crippen LogP contribution is -1.86. The summed E-state index contributed by atoms with van der Waals surface area (Å²) in [7, 11) is 0. The lowest BCUT2D eigenvalue weighted by atomic mass is 10.0. The molecule has 1 heteroatoms. The van der Waals surface area contributed by atoms with E-state index >= 15 is 0 Å². The van der Waals surface area contributed by atoms with E-state index in [1.807, 2.05) is 0 Å². The Morgan fingerprint density at radius 1 is 0.290 bits per heavy atom. The zero-order valence-corrected chi connectivity index (χ0v) is 16.9. The first-order chi connectivity index (χ1) is 15.4. The summed E-state index contributed by atoms with van der Waals surface area (Å²) in [6, 6.07) is 41.9. The van der Waals surface area contributed by atoms with Crippen LogP contribution in [0.4, 0.5) is 0 Å². The van der Waals surface area contributed by atoms with E-state index in [1.54, 1.807) is 0 Å². The van der Waals surface area contributed by atoms with Crippen molar-refractivity contribution in [2.75, 3.05) is 0 Å². The molecule has 0 amide bonds. The molecule has 31 heavy (non-hydrogen) atoms. The average molecular weight is 393 g/mol. The molecule has 0 unspecified atom stereocenters. The third-order valence-electron chi connectivity index (χ3n) is 6.56. The lowest BCUT2D eigenvalue weighted by Gasteiger charge is -2.04. The molecule has 1 nitrogen and oxygen atoms in total. The predicted molar refractivity (Wildman–Crippen MR) is 134 cm³/mol. The van der Waals surface area contributed by atoms with Crippen molar-refractivity contribution in [3.05, 3.63) is 115 Å². The first kappa shape index (κ1) is 16.7. The maximum absolute atomic E-state index is 2.47. The van der Waals surface area contributed by atoms with Gasteiger partial charge in [0, 0.05) is 21.5 Å². The fourth-order valence-electron chi connectivity index (χ4n) is 5.29. The van der Waals surface area contributed by atoms with Crippen LogP contribution in [0.15, 0.2) is 115 Å². The van der Waals surface area contributed by atoms with Crippen LogP contribution in [0.2, 0.25) is 0 Å². The van der Waals surface area contributed by atoms with Crippen molar-refractivity contribution in [2.24, 2.45) is 0 Å². The van der Waals surface area contributed by atoms with Gasteiger partial charge in [0.1, 0.15) is 0 Å². The molecule has 2 heterocycles. The molecule has 7 aromatic rings. The number of fused-ring (bicyclic) bond motifs is 10. The van der Waals surface area contributed by atoms with E-state index in [0.29, 0.717) is 0 Å². The Labute approximate surface area is 179 Å². The molecule has 7 rings (SSSR count). The summed E-state index contributed by atoms with van der Waals surface area (Å²) < 4.78 is 2.47. The highest BCUT2D eigenvalue weighted by atomic mass is 14.9. The molecule has 0 radical (unpaired) electrons. The molecular formula is C30H19N. The van der Waals surface area contributed by atoms with E-state index < -0.39 is 0 Å². The number of para-hydroxylation sites is 3. The van der Waals surface area contributed by atoms with Crippen LogP contribution in [0.5, 0.6) is 0 Å². The van der Waals surface area contributed by atoms with Crippen molar-refractivity contribution in [3.63, 3.8) is 0 Å². The van der Waals surface area contributed by atoms with Gasteiger partial charge in [0.25, 0.3) is 0 Å². The van der Waals surface area contributed by atoms with Crippen LogP contribution in [0.25, 0.3) is 59.6 Å². The van der Waals surface area contributed by atoms with Crippen molar-refractivity contribution < 1.29 is 0 Å². The quantitative estimate of drug-likeness (QED) is 0.244. The zero-order valence-electron chi connectivity index (χ0n) is 16.9. The summed E-state index contributed by atoms with van der Waals surface area (Å²) in [6.45, 7) is 0. The molecule has 5 aromatic carbocycles. The smallest absolute Gasteiger partial charge is 0.0619 e. The van der Waals surface area contributed by atoms with E-state index in [1.165, 1.54) is 59.6 Å². The Balaban J connectivity index is 2.04. The predicted octanol–water partition coefficient (Wildman–Crippen LogP) is 8.27. The topological polar surface area (TPSA) is 4.41 Å². The number of rotatable bonds is 0. The number of benzene rings is 5. The van der Waals surface area contributed by atoms with Gasteiger partial charge in [-0.25, -0.2) is 0 Å². The second kappa shape index (κ2) is 6.20. The number of hydrogen-bond acceptors (Lipinski definition) is 0. The van der Waals surface area contributed by atoms with Gasteiger partial charge in [-0.15, -0.1) is 0 Å². The van der Waals surface area contributed by atoms with E-state index in [4.69, 9.17) is 0 Å². The number of nitrogens with zero attached hydrogens (tertiary/aromatic N) is 1. The van der Waals surface area contributed by atoms with Gasteiger partial charge in [-0.2, -0.15) is 0 Å². The molecule has 0 N–H and O–H groups in total.